The summed E-state index contributed by atoms with van der Waals surface area (Å²) in [5, 5.41) is 0. The fourth-order valence-electron chi connectivity index (χ4n) is 6.65. The van der Waals surface area contributed by atoms with Crippen molar-refractivity contribution in [2.75, 3.05) is 65.4 Å². The maximum Gasteiger partial charge on any atom is 0.227 e. The summed E-state index contributed by atoms with van der Waals surface area (Å²) in [6, 6.07) is 0. The Hall–Kier alpha value is -1.14. The molecule has 0 unspecified atom stereocenters. The highest BCUT2D eigenvalue weighted by Gasteiger charge is 2.40. The topological polar surface area (TPSA) is 47.1 Å². The molecular weight excluding hydrogens is 424 g/mol. The fourth-order valence-corrected chi connectivity index (χ4v) is 6.65. The van der Waals surface area contributed by atoms with Crippen molar-refractivity contribution in [1.29, 1.82) is 0 Å². The van der Waals surface area contributed by atoms with Crippen LogP contribution in [0, 0.1) is 22.7 Å². The number of amides is 2. The van der Waals surface area contributed by atoms with Crippen molar-refractivity contribution >= 4 is 11.8 Å². The van der Waals surface area contributed by atoms with E-state index in [0.717, 1.165) is 71.1 Å². The molecule has 0 radical (unpaired) electrons. The predicted molar refractivity (Wildman–Crippen MR) is 138 cm³/mol. The molecule has 1 saturated carbocycles. The molecule has 4 aliphatic rings. The average molecular weight is 475 g/mol. The number of carbonyl (C=O) groups is 2. The van der Waals surface area contributed by atoms with Gasteiger partial charge in [-0.1, -0.05) is 27.7 Å². The molecule has 3 saturated heterocycles. The van der Waals surface area contributed by atoms with Crippen LogP contribution in [0.25, 0.3) is 0 Å². The normalized spacial score (nSPS) is 29.4. The summed E-state index contributed by atoms with van der Waals surface area (Å²) in [6.45, 7) is 18.9. The molecule has 34 heavy (non-hydrogen) atoms. The van der Waals surface area contributed by atoms with Gasteiger partial charge in [-0.3, -0.25) is 14.5 Å². The number of hydrogen-bond acceptors (Lipinski definition) is 4. The van der Waals surface area contributed by atoms with Crippen molar-refractivity contribution in [3.05, 3.63) is 0 Å². The summed E-state index contributed by atoms with van der Waals surface area (Å²) in [5.74, 6) is 1.84. The first-order chi connectivity index (χ1) is 16.2. The van der Waals surface area contributed by atoms with Crippen LogP contribution in [0.3, 0.4) is 0 Å². The highest BCUT2D eigenvalue weighted by atomic mass is 16.2. The van der Waals surface area contributed by atoms with Crippen LogP contribution in [-0.2, 0) is 9.59 Å². The lowest BCUT2D eigenvalue weighted by Gasteiger charge is -2.48. The van der Waals surface area contributed by atoms with Gasteiger partial charge in [-0.2, -0.15) is 0 Å². The molecule has 0 aromatic carbocycles. The van der Waals surface area contributed by atoms with Crippen molar-refractivity contribution in [2.24, 2.45) is 22.7 Å². The third-order valence-corrected chi connectivity index (χ3v) is 9.45. The molecule has 4 fully saturated rings. The predicted octanol–water partition coefficient (Wildman–Crippen LogP) is 3.71. The van der Waals surface area contributed by atoms with Gasteiger partial charge in [0.1, 0.15) is 0 Å². The molecule has 4 rings (SSSR count). The zero-order valence-corrected chi connectivity index (χ0v) is 22.5. The van der Waals surface area contributed by atoms with Crippen molar-refractivity contribution in [2.45, 2.75) is 79.1 Å². The molecule has 0 aromatic rings. The van der Waals surface area contributed by atoms with E-state index < -0.39 is 0 Å². The molecule has 0 aromatic heterocycles. The van der Waals surface area contributed by atoms with Gasteiger partial charge in [0.05, 0.1) is 0 Å². The monoisotopic (exact) mass is 474 g/mol. The molecule has 0 atom stereocenters. The largest absolute Gasteiger partial charge is 0.342 e. The van der Waals surface area contributed by atoms with E-state index in [1.165, 1.54) is 51.6 Å². The number of rotatable bonds is 4. The Morgan fingerprint density at radius 3 is 1.74 bits per heavy atom. The summed E-state index contributed by atoms with van der Waals surface area (Å²) in [6.07, 6.45) is 9.57. The van der Waals surface area contributed by atoms with Gasteiger partial charge in [-0.15, -0.1) is 0 Å². The maximum atomic E-state index is 12.9. The Kier molecular flexibility index (Phi) is 8.28. The van der Waals surface area contributed by atoms with Crippen LogP contribution >= 0.6 is 0 Å². The molecule has 6 nitrogen and oxygen atoms in total. The van der Waals surface area contributed by atoms with Gasteiger partial charge in [0.15, 0.2) is 0 Å². The number of piperazine rings is 1. The molecule has 1 aliphatic carbocycles. The summed E-state index contributed by atoms with van der Waals surface area (Å²) in [5.41, 5.74) is 0.204. The molecule has 3 aliphatic heterocycles. The first-order valence-corrected chi connectivity index (χ1v) is 14.2. The van der Waals surface area contributed by atoms with Gasteiger partial charge < -0.3 is 14.7 Å². The van der Waals surface area contributed by atoms with Gasteiger partial charge in [-0.05, 0) is 75.8 Å². The lowest BCUT2D eigenvalue weighted by atomic mass is 9.71. The van der Waals surface area contributed by atoms with Crippen molar-refractivity contribution in [3.8, 4) is 0 Å². The molecule has 2 amide bonds. The first kappa shape index (κ1) is 25.9. The summed E-state index contributed by atoms with van der Waals surface area (Å²) < 4.78 is 0. The van der Waals surface area contributed by atoms with E-state index in [1.807, 2.05) is 20.8 Å². The Bertz CT molecular complexity index is 684. The quantitative estimate of drug-likeness (QED) is 0.623. The number of likely N-dealkylation sites (tertiary alicyclic amines) is 2. The standard InChI is InChI=1S/C28H50N4O2/c1-23-5-7-24(8-6-23)25(33)31-21-19-30(20-22-31)18-17-29-13-9-28(10-14-29)11-15-32(16-12-28)26(34)27(2,3)4/h23-24H,5-22H2,1-4H3. The lowest BCUT2D eigenvalue weighted by molar-refractivity contribution is -0.142. The molecular formula is C28H50N4O2. The number of piperidine rings is 2. The fraction of sp³-hybridized carbons (Fsp3) is 0.929. The molecule has 6 heteroatoms. The molecule has 194 valence electrons. The van der Waals surface area contributed by atoms with Gasteiger partial charge in [-0.25, -0.2) is 0 Å². The second kappa shape index (κ2) is 10.9. The van der Waals surface area contributed by atoms with Gasteiger partial charge in [0, 0.05) is 63.7 Å². The minimum atomic E-state index is -0.263. The van der Waals surface area contributed by atoms with E-state index in [1.54, 1.807) is 0 Å². The van der Waals surface area contributed by atoms with Crippen LogP contribution in [0.4, 0.5) is 0 Å². The highest BCUT2D eigenvalue weighted by molar-refractivity contribution is 5.81. The van der Waals surface area contributed by atoms with E-state index >= 15 is 0 Å². The summed E-state index contributed by atoms with van der Waals surface area (Å²) in [7, 11) is 0. The van der Waals surface area contributed by atoms with Crippen molar-refractivity contribution < 1.29 is 9.59 Å². The zero-order chi connectivity index (χ0) is 24.3. The van der Waals surface area contributed by atoms with Crippen LogP contribution in [-0.4, -0.2) is 96.9 Å². The Morgan fingerprint density at radius 1 is 0.706 bits per heavy atom. The highest BCUT2D eigenvalue weighted by Crippen LogP contribution is 2.41. The Labute approximate surface area is 208 Å². The van der Waals surface area contributed by atoms with Crippen LogP contribution < -0.4 is 0 Å². The van der Waals surface area contributed by atoms with Crippen molar-refractivity contribution in [3.63, 3.8) is 0 Å². The van der Waals surface area contributed by atoms with Crippen molar-refractivity contribution in [1.82, 2.24) is 19.6 Å². The van der Waals surface area contributed by atoms with E-state index in [4.69, 9.17) is 0 Å². The smallest absolute Gasteiger partial charge is 0.227 e. The van der Waals surface area contributed by atoms with Gasteiger partial charge in [0.2, 0.25) is 11.8 Å². The molecule has 1 spiro atoms. The molecule has 3 heterocycles. The lowest BCUT2D eigenvalue weighted by Crippen LogP contribution is -2.53. The number of nitrogens with zero attached hydrogens (tertiary/aromatic N) is 4. The number of hydrogen-bond donors (Lipinski definition) is 0. The second-order valence-electron chi connectivity index (χ2n) is 13.0. The average Bonchev–Trinajstić information content (AvgIpc) is 2.84. The van der Waals surface area contributed by atoms with E-state index in [0.29, 0.717) is 23.1 Å². The van der Waals surface area contributed by atoms with E-state index in [2.05, 4.69) is 26.5 Å². The molecule has 0 N–H and O–H groups in total. The second-order valence-corrected chi connectivity index (χ2v) is 13.0. The number of carbonyl (C=O) groups excluding carboxylic acids is 2. The van der Waals surface area contributed by atoms with E-state index in [-0.39, 0.29) is 5.41 Å². The van der Waals surface area contributed by atoms with Crippen LogP contribution in [0.5, 0.6) is 0 Å². The summed E-state index contributed by atoms with van der Waals surface area (Å²) >= 11 is 0. The van der Waals surface area contributed by atoms with Crippen LogP contribution in [0.1, 0.15) is 79.1 Å². The van der Waals surface area contributed by atoms with Crippen LogP contribution in [0.15, 0.2) is 0 Å². The van der Waals surface area contributed by atoms with E-state index in [9.17, 15) is 9.59 Å². The van der Waals surface area contributed by atoms with Gasteiger partial charge in [0.25, 0.3) is 0 Å². The SMILES string of the molecule is CC1CCC(C(=O)N2CCN(CCN3CCC4(CC3)CCN(C(=O)C(C)(C)C)CC4)CC2)CC1. The van der Waals surface area contributed by atoms with Gasteiger partial charge >= 0.3 is 0 Å². The minimum absolute atomic E-state index is 0.263. The third-order valence-electron chi connectivity index (χ3n) is 9.45. The third kappa shape index (κ3) is 6.34. The zero-order valence-electron chi connectivity index (χ0n) is 22.5. The summed E-state index contributed by atoms with van der Waals surface area (Å²) in [4.78, 5) is 35.0. The minimum Gasteiger partial charge on any atom is -0.342 e. The maximum absolute atomic E-state index is 12.9. The van der Waals surface area contributed by atoms with Crippen LogP contribution in [0.2, 0.25) is 0 Å². The molecule has 0 bridgehead atoms. The first-order valence-electron chi connectivity index (χ1n) is 14.2. The Balaban J connectivity index is 1.12. The Morgan fingerprint density at radius 2 is 1.21 bits per heavy atom.